The van der Waals surface area contributed by atoms with Crippen molar-refractivity contribution in [1.82, 2.24) is 0 Å². The number of aliphatic hydroxyl groups excluding tert-OH is 1. The molecule has 0 radical (unpaired) electrons. The molecule has 0 rings (SSSR count). The molecule has 0 aliphatic rings. The summed E-state index contributed by atoms with van der Waals surface area (Å²) in [5.41, 5.74) is 0. The zero-order valence-corrected chi connectivity index (χ0v) is 65.0. The maximum absolute atomic E-state index is 13.1. The Labute approximate surface area is 594 Å². The van der Waals surface area contributed by atoms with Crippen LogP contribution in [0.1, 0.15) is 413 Å². The smallest absolute Gasteiger partial charge is 0.462 e. The highest BCUT2D eigenvalue weighted by Crippen LogP contribution is 2.45. The highest BCUT2D eigenvalue weighted by molar-refractivity contribution is 7.47. The van der Waals surface area contributed by atoms with Crippen LogP contribution in [-0.4, -0.2) is 96.7 Å². The number of aliphatic hydroxyl groups is 1. The van der Waals surface area contributed by atoms with Gasteiger partial charge >= 0.3 is 39.5 Å². The van der Waals surface area contributed by atoms with Crippen molar-refractivity contribution in [1.29, 1.82) is 0 Å². The van der Waals surface area contributed by atoms with Crippen molar-refractivity contribution in [3.05, 3.63) is 0 Å². The van der Waals surface area contributed by atoms with Gasteiger partial charge in [0.1, 0.15) is 19.3 Å². The molecule has 3 N–H and O–H groups in total. The Kier molecular flexibility index (Phi) is 69.6. The lowest BCUT2D eigenvalue weighted by Crippen LogP contribution is -2.30. The molecule has 0 aromatic heterocycles. The summed E-state index contributed by atoms with van der Waals surface area (Å²) < 4.78 is 68.7. The first-order valence-electron chi connectivity index (χ1n) is 40.6. The van der Waals surface area contributed by atoms with Crippen molar-refractivity contribution in [3.8, 4) is 0 Å². The molecule has 0 aromatic rings. The van der Waals surface area contributed by atoms with Crippen LogP contribution < -0.4 is 0 Å². The van der Waals surface area contributed by atoms with Gasteiger partial charge in [-0.3, -0.25) is 37.3 Å². The van der Waals surface area contributed by atoms with E-state index in [1.54, 1.807) is 0 Å². The molecule has 2 unspecified atom stereocenters. The minimum Gasteiger partial charge on any atom is -0.462 e. The largest absolute Gasteiger partial charge is 0.472 e. The number of rotatable bonds is 78. The topological polar surface area (TPSA) is 237 Å². The quantitative estimate of drug-likeness (QED) is 0.0222. The molecule has 576 valence electrons. The van der Waals surface area contributed by atoms with Gasteiger partial charge in [-0.2, -0.15) is 0 Å². The number of unbranched alkanes of at least 4 members (excludes halogenated alkanes) is 50. The fourth-order valence-electron chi connectivity index (χ4n) is 12.1. The van der Waals surface area contributed by atoms with Gasteiger partial charge in [0.05, 0.1) is 26.4 Å². The molecule has 0 aromatic carbocycles. The van der Waals surface area contributed by atoms with E-state index in [0.717, 1.165) is 95.8 Å². The van der Waals surface area contributed by atoms with Crippen LogP contribution in [0.4, 0.5) is 0 Å². The third-order valence-electron chi connectivity index (χ3n) is 18.3. The third-order valence-corrected chi connectivity index (χ3v) is 20.2. The maximum Gasteiger partial charge on any atom is 0.472 e. The summed E-state index contributed by atoms with van der Waals surface area (Å²) in [6, 6.07) is 0. The van der Waals surface area contributed by atoms with Crippen molar-refractivity contribution >= 4 is 39.5 Å². The van der Waals surface area contributed by atoms with Crippen molar-refractivity contribution in [3.63, 3.8) is 0 Å². The van der Waals surface area contributed by atoms with Gasteiger partial charge in [0, 0.05) is 25.7 Å². The summed E-state index contributed by atoms with van der Waals surface area (Å²) >= 11 is 0. The van der Waals surface area contributed by atoms with E-state index in [4.69, 9.17) is 37.0 Å². The van der Waals surface area contributed by atoms with Gasteiger partial charge in [0.25, 0.3) is 0 Å². The highest BCUT2D eigenvalue weighted by Gasteiger charge is 2.30. The maximum atomic E-state index is 13.1. The number of carbonyl (C=O) groups is 4. The summed E-state index contributed by atoms with van der Waals surface area (Å²) in [5, 5.41) is 10.6. The minimum absolute atomic E-state index is 0.107. The van der Waals surface area contributed by atoms with Gasteiger partial charge in [0.2, 0.25) is 0 Å². The molecular formula is C78H152O17P2. The molecule has 0 saturated carbocycles. The summed E-state index contributed by atoms with van der Waals surface area (Å²) in [6.07, 6.45) is 60.8. The molecule has 0 spiro atoms. The summed E-state index contributed by atoms with van der Waals surface area (Å²) in [6.45, 7) is 7.32. The molecule has 0 amide bonds. The lowest BCUT2D eigenvalue weighted by Gasteiger charge is -2.21. The van der Waals surface area contributed by atoms with Gasteiger partial charge in [-0.15, -0.1) is 0 Å². The van der Waals surface area contributed by atoms with Gasteiger partial charge in [-0.05, 0) is 31.6 Å². The van der Waals surface area contributed by atoms with E-state index in [1.165, 1.54) is 238 Å². The fraction of sp³-hybridized carbons (Fsp3) is 0.949. The van der Waals surface area contributed by atoms with E-state index in [1.807, 2.05) is 0 Å². The van der Waals surface area contributed by atoms with Crippen molar-refractivity contribution in [2.45, 2.75) is 432 Å². The van der Waals surface area contributed by atoms with Crippen molar-refractivity contribution in [2.75, 3.05) is 39.6 Å². The summed E-state index contributed by atoms with van der Waals surface area (Å²) in [7, 11) is -9.91. The Morgan fingerprint density at radius 1 is 0.278 bits per heavy atom. The Morgan fingerprint density at radius 3 is 0.701 bits per heavy atom. The number of esters is 4. The number of phosphoric ester groups is 2. The zero-order valence-electron chi connectivity index (χ0n) is 63.2. The molecule has 97 heavy (non-hydrogen) atoms. The predicted molar refractivity (Wildman–Crippen MR) is 395 cm³/mol. The van der Waals surface area contributed by atoms with Crippen LogP contribution >= 0.6 is 15.6 Å². The van der Waals surface area contributed by atoms with E-state index < -0.39 is 97.5 Å². The Balaban J connectivity index is 5.26. The van der Waals surface area contributed by atoms with Gasteiger partial charge in [-0.25, -0.2) is 9.13 Å². The van der Waals surface area contributed by atoms with Crippen LogP contribution in [0.15, 0.2) is 0 Å². The molecule has 19 heteroatoms. The SMILES string of the molecule is CCCCCCCCCCCCCCCCCCC(=O)O[C@H](COC(=O)CCCCCCCCCCCCCCCCC)COP(=O)(O)OC[C@@H](O)COP(=O)(O)OC[C@@H](COC(=O)CCCCCCCCCCCCCC)OC(=O)CCCCCCCCCCCCCC(C)C. The number of carbonyl (C=O) groups excluding carboxylic acids is 4. The van der Waals surface area contributed by atoms with Crippen LogP contribution in [0, 0.1) is 5.92 Å². The van der Waals surface area contributed by atoms with Crippen molar-refractivity contribution in [2.24, 2.45) is 5.92 Å². The van der Waals surface area contributed by atoms with Gasteiger partial charge < -0.3 is 33.8 Å². The highest BCUT2D eigenvalue weighted by atomic mass is 31.2. The second-order valence-electron chi connectivity index (χ2n) is 28.6. The van der Waals surface area contributed by atoms with Crippen LogP contribution in [0.3, 0.4) is 0 Å². The number of hydrogen-bond donors (Lipinski definition) is 3. The minimum atomic E-state index is -4.96. The van der Waals surface area contributed by atoms with E-state index in [-0.39, 0.29) is 25.7 Å². The van der Waals surface area contributed by atoms with Crippen LogP contribution in [0.5, 0.6) is 0 Å². The fourth-order valence-corrected chi connectivity index (χ4v) is 13.6. The van der Waals surface area contributed by atoms with E-state index in [2.05, 4.69) is 34.6 Å². The molecule has 0 heterocycles. The molecule has 17 nitrogen and oxygen atoms in total. The third kappa shape index (κ3) is 72.2. The first-order chi connectivity index (χ1) is 47.0. The van der Waals surface area contributed by atoms with Gasteiger partial charge in [-0.1, -0.05) is 362 Å². The molecule has 0 fully saturated rings. The predicted octanol–water partition coefficient (Wildman–Crippen LogP) is 23.3. The second kappa shape index (κ2) is 71.1. The molecular weight excluding hydrogens is 1270 g/mol. The van der Waals surface area contributed by atoms with Crippen molar-refractivity contribution < 1.29 is 80.2 Å². The average Bonchev–Trinajstić information content (AvgIpc) is 1.48. The first kappa shape index (κ1) is 95.1. The lowest BCUT2D eigenvalue weighted by molar-refractivity contribution is -0.161. The Morgan fingerprint density at radius 2 is 0.474 bits per heavy atom. The van der Waals surface area contributed by atoms with Gasteiger partial charge in [0.15, 0.2) is 12.2 Å². The van der Waals surface area contributed by atoms with Crippen LogP contribution in [-0.2, 0) is 65.4 Å². The molecule has 0 saturated heterocycles. The molecule has 0 aliphatic heterocycles. The molecule has 0 aliphatic carbocycles. The van der Waals surface area contributed by atoms with E-state index in [0.29, 0.717) is 25.7 Å². The zero-order chi connectivity index (χ0) is 71.2. The van der Waals surface area contributed by atoms with E-state index in [9.17, 15) is 43.2 Å². The second-order valence-corrected chi connectivity index (χ2v) is 31.5. The standard InChI is InChI=1S/C78H152O17P2/c1-6-9-12-15-18-21-24-27-29-31-33-38-43-48-53-58-63-77(82)94-73(68-89-76(81)62-57-52-47-42-37-32-30-28-25-22-19-16-13-10-7-2)69-92-96(84,85)90-65-72(79)66-91-97(86,87)93-70-74(67-88-75(80)61-56-51-46-41-36-26-23-20-17-14-11-8-3)95-78(83)64-59-54-49-44-39-34-35-40-45-50-55-60-71(4)5/h71-74,79H,6-70H2,1-5H3,(H,84,85)(H,86,87)/t72-,73-,74-/m1/s1. The Hall–Kier alpha value is -1.94. The van der Waals surface area contributed by atoms with E-state index >= 15 is 0 Å². The lowest BCUT2D eigenvalue weighted by atomic mass is 10.0. The first-order valence-corrected chi connectivity index (χ1v) is 43.6. The number of ether oxygens (including phenoxy) is 4. The van der Waals surface area contributed by atoms with Crippen LogP contribution in [0.2, 0.25) is 0 Å². The average molecular weight is 1420 g/mol. The summed E-state index contributed by atoms with van der Waals surface area (Å²) in [4.78, 5) is 72.9. The summed E-state index contributed by atoms with van der Waals surface area (Å²) in [5.74, 6) is -1.34. The normalized spacial score (nSPS) is 13.9. The molecule has 5 atom stereocenters. The number of hydrogen-bond acceptors (Lipinski definition) is 15. The van der Waals surface area contributed by atoms with Crippen LogP contribution in [0.25, 0.3) is 0 Å². The Bertz CT molecular complexity index is 1860. The number of phosphoric acid groups is 2. The monoisotopic (exact) mass is 1420 g/mol. The molecule has 0 bridgehead atoms.